The maximum Gasteiger partial charge on any atom is 0.280 e. The van der Waals surface area contributed by atoms with Crippen molar-refractivity contribution in [2.45, 2.75) is 34.6 Å². The van der Waals surface area contributed by atoms with Gasteiger partial charge in [-0.15, -0.1) is 0 Å². The average Bonchev–Trinajstić information content (AvgIpc) is 3.11. The van der Waals surface area contributed by atoms with Crippen molar-refractivity contribution >= 4 is 23.4 Å². The minimum absolute atomic E-state index is 0.0927. The van der Waals surface area contributed by atoms with Gasteiger partial charge >= 0.3 is 0 Å². The molecule has 4 rings (SSSR count). The van der Waals surface area contributed by atoms with E-state index in [0.29, 0.717) is 5.57 Å². The zero-order valence-corrected chi connectivity index (χ0v) is 17.5. The maximum atomic E-state index is 13.0. The van der Waals surface area contributed by atoms with Crippen molar-refractivity contribution in [3.63, 3.8) is 0 Å². The van der Waals surface area contributed by atoms with E-state index >= 15 is 0 Å². The Labute approximate surface area is 171 Å². The first-order valence-electron chi connectivity index (χ1n) is 9.79. The number of benzene rings is 2. The van der Waals surface area contributed by atoms with Gasteiger partial charge in [-0.05, 0) is 87.7 Å². The number of hydrogen-bond acceptors (Lipinski definition) is 2. The van der Waals surface area contributed by atoms with E-state index in [4.69, 9.17) is 0 Å². The quantitative estimate of drug-likeness (QED) is 0.549. The Morgan fingerprint density at radius 3 is 2.14 bits per heavy atom. The van der Waals surface area contributed by atoms with Gasteiger partial charge in [0.25, 0.3) is 5.91 Å². The molecular weight excluding hydrogens is 358 g/mol. The zero-order chi connectivity index (χ0) is 20.7. The predicted molar refractivity (Wildman–Crippen MR) is 120 cm³/mol. The number of hydrogen-bond donors (Lipinski definition) is 0. The average molecular weight is 383 g/mol. The van der Waals surface area contributed by atoms with E-state index in [9.17, 15) is 4.79 Å². The van der Waals surface area contributed by atoms with Crippen LogP contribution in [0.4, 0.5) is 5.69 Å². The van der Waals surface area contributed by atoms with Crippen LogP contribution in [0.1, 0.15) is 35.0 Å². The lowest BCUT2D eigenvalue weighted by Gasteiger charge is -2.12. The molecule has 3 aromatic rings. The van der Waals surface area contributed by atoms with Crippen LogP contribution in [0.3, 0.4) is 0 Å². The van der Waals surface area contributed by atoms with E-state index in [0.717, 1.165) is 34.0 Å². The molecule has 0 saturated heterocycles. The summed E-state index contributed by atoms with van der Waals surface area (Å²) in [5.74, 6) is -0.0927. The van der Waals surface area contributed by atoms with E-state index in [2.05, 4.69) is 61.6 Å². The number of carbonyl (C=O) groups excluding carboxylic acids is 1. The highest BCUT2D eigenvalue weighted by Crippen LogP contribution is 2.28. The summed E-state index contributed by atoms with van der Waals surface area (Å²) in [6.07, 6.45) is 1.96. The summed E-state index contributed by atoms with van der Waals surface area (Å²) in [5.41, 5.74) is 9.05. The second kappa shape index (κ2) is 7.21. The molecule has 0 aliphatic carbocycles. The van der Waals surface area contributed by atoms with Gasteiger partial charge < -0.3 is 4.57 Å². The van der Waals surface area contributed by atoms with Crippen molar-refractivity contribution < 1.29 is 4.79 Å². The second-order valence-electron chi connectivity index (χ2n) is 7.70. The molecule has 1 aromatic heterocycles. The molecule has 146 valence electrons. The number of hydrazone groups is 1. The number of para-hydroxylation sites is 1. The maximum absolute atomic E-state index is 13.0. The second-order valence-corrected chi connectivity index (χ2v) is 7.70. The highest BCUT2D eigenvalue weighted by molar-refractivity contribution is 6.32. The van der Waals surface area contributed by atoms with Crippen LogP contribution in [0.25, 0.3) is 11.8 Å². The smallest absolute Gasteiger partial charge is 0.280 e. The standard InChI is InChI=1S/C25H25N3O/c1-16-11-17(2)13-23(12-16)27-18(3)14-21(20(27)5)15-24-19(4)26-28(25(24)29)22-9-7-6-8-10-22/h6-15H,1-5H3. The molecule has 0 fully saturated rings. The minimum Gasteiger partial charge on any atom is -0.318 e. The van der Waals surface area contributed by atoms with Crippen LogP contribution < -0.4 is 5.01 Å². The minimum atomic E-state index is -0.0927. The molecule has 0 unspecified atom stereocenters. The van der Waals surface area contributed by atoms with Gasteiger partial charge in [0.1, 0.15) is 0 Å². The van der Waals surface area contributed by atoms with Crippen molar-refractivity contribution in [2.24, 2.45) is 5.10 Å². The molecule has 0 saturated carbocycles. The first-order chi connectivity index (χ1) is 13.8. The van der Waals surface area contributed by atoms with Gasteiger partial charge in [-0.1, -0.05) is 24.3 Å². The Morgan fingerprint density at radius 1 is 0.828 bits per heavy atom. The van der Waals surface area contributed by atoms with Crippen molar-refractivity contribution in [3.8, 4) is 5.69 Å². The third kappa shape index (κ3) is 3.42. The first-order valence-corrected chi connectivity index (χ1v) is 9.79. The Hall–Kier alpha value is -3.40. The lowest BCUT2D eigenvalue weighted by Crippen LogP contribution is -2.21. The third-order valence-corrected chi connectivity index (χ3v) is 5.30. The Kier molecular flexibility index (Phi) is 4.71. The van der Waals surface area contributed by atoms with E-state index in [1.807, 2.05) is 43.3 Å². The van der Waals surface area contributed by atoms with Crippen molar-refractivity contribution in [1.29, 1.82) is 0 Å². The molecule has 0 atom stereocenters. The molecule has 0 N–H and O–H groups in total. The van der Waals surface area contributed by atoms with Crippen LogP contribution in [0.2, 0.25) is 0 Å². The van der Waals surface area contributed by atoms with Crippen LogP contribution in [0.5, 0.6) is 0 Å². The molecule has 1 aliphatic rings. The summed E-state index contributed by atoms with van der Waals surface area (Å²) >= 11 is 0. The summed E-state index contributed by atoms with van der Waals surface area (Å²) in [5, 5.41) is 5.96. The highest BCUT2D eigenvalue weighted by atomic mass is 16.2. The SMILES string of the molecule is CC1=NN(c2ccccc2)C(=O)C1=Cc1cc(C)n(-c2cc(C)cc(C)c2)c1C. The zero-order valence-electron chi connectivity index (χ0n) is 17.5. The fraction of sp³-hybridized carbons (Fsp3) is 0.200. The number of aromatic nitrogens is 1. The number of nitrogens with zero attached hydrogens (tertiary/aromatic N) is 3. The van der Waals surface area contributed by atoms with Gasteiger partial charge in [0.05, 0.1) is 17.0 Å². The van der Waals surface area contributed by atoms with Crippen LogP contribution >= 0.6 is 0 Å². The molecule has 0 bridgehead atoms. The largest absolute Gasteiger partial charge is 0.318 e. The lowest BCUT2D eigenvalue weighted by molar-refractivity contribution is -0.114. The van der Waals surface area contributed by atoms with Gasteiger partial charge in [-0.3, -0.25) is 4.79 Å². The molecule has 2 aromatic carbocycles. The van der Waals surface area contributed by atoms with Gasteiger partial charge in [0.15, 0.2) is 0 Å². The van der Waals surface area contributed by atoms with Gasteiger partial charge in [-0.25, -0.2) is 0 Å². The highest BCUT2D eigenvalue weighted by Gasteiger charge is 2.29. The lowest BCUT2D eigenvalue weighted by atomic mass is 10.1. The van der Waals surface area contributed by atoms with Crippen LogP contribution in [-0.2, 0) is 4.79 Å². The molecule has 4 heteroatoms. The Bertz CT molecular complexity index is 1150. The number of rotatable bonds is 3. The van der Waals surface area contributed by atoms with Crippen LogP contribution in [-0.4, -0.2) is 16.2 Å². The molecular formula is C25H25N3O. The predicted octanol–water partition coefficient (Wildman–Crippen LogP) is 5.52. The number of anilines is 1. The summed E-state index contributed by atoms with van der Waals surface area (Å²) in [4.78, 5) is 13.0. The molecule has 0 radical (unpaired) electrons. The van der Waals surface area contributed by atoms with E-state index in [1.165, 1.54) is 16.1 Å². The molecule has 1 amide bonds. The van der Waals surface area contributed by atoms with Gasteiger partial charge in [0.2, 0.25) is 0 Å². The molecule has 4 nitrogen and oxygen atoms in total. The number of aryl methyl sites for hydroxylation is 3. The summed E-state index contributed by atoms with van der Waals surface area (Å²) in [6, 6.07) is 18.2. The van der Waals surface area contributed by atoms with E-state index in [-0.39, 0.29) is 5.91 Å². The summed E-state index contributed by atoms with van der Waals surface area (Å²) < 4.78 is 2.24. The normalized spacial score (nSPS) is 15.3. The number of amides is 1. The first kappa shape index (κ1) is 18.9. The Balaban J connectivity index is 1.74. The Morgan fingerprint density at radius 2 is 1.48 bits per heavy atom. The van der Waals surface area contributed by atoms with Crippen molar-refractivity contribution in [1.82, 2.24) is 4.57 Å². The van der Waals surface area contributed by atoms with E-state index in [1.54, 1.807) is 0 Å². The fourth-order valence-electron chi connectivity index (χ4n) is 3.99. The van der Waals surface area contributed by atoms with Crippen LogP contribution in [0.15, 0.2) is 65.3 Å². The van der Waals surface area contributed by atoms with Gasteiger partial charge in [-0.2, -0.15) is 10.1 Å². The van der Waals surface area contributed by atoms with E-state index < -0.39 is 0 Å². The third-order valence-electron chi connectivity index (χ3n) is 5.30. The van der Waals surface area contributed by atoms with Crippen molar-refractivity contribution in [3.05, 3.63) is 88.2 Å². The topological polar surface area (TPSA) is 37.6 Å². The van der Waals surface area contributed by atoms with Gasteiger partial charge in [0, 0.05) is 17.1 Å². The summed E-state index contributed by atoms with van der Waals surface area (Å²) in [7, 11) is 0. The monoisotopic (exact) mass is 383 g/mol. The molecule has 1 aliphatic heterocycles. The van der Waals surface area contributed by atoms with Crippen LogP contribution in [0, 0.1) is 27.7 Å². The molecule has 2 heterocycles. The fourth-order valence-corrected chi connectivity index (χ4v) is 3.99. The van der Waals surface area contributed by atoms with Crippen molar-refractivity contribution in [2.75, 3.05) is 5.01 Å². The summed E-state index contributed by atoms with van der Waals surface area (Å²) in [6.45, 7) is 10.3. The molecule has 29 heavy (non-hydrogen) atoms. The number of carbonyl (C=O) groups is 1. The molecule has 0 spiro atoms.